The third-order valence-corrected chi connectivity index (χ3v) is 8.13. The van der Waals surface area contributed by atoms with Crippen molar-refractivity contribution < 1.29 is 4.79 Å². The minimum absolute atomic E-state index is 0.322. The molecule has 0 saturated carbocycles. The summed E-state index contributed by atoms with van der Waals surface area (Å²) in [7, 11) is -0.343. The summed E-state index contributed by atoms with van der Waals surface area (Å²) in [6.45, 7) is 9.81. The lowest BCUT2D eigenvalue weighted by molar-refractivity contribution is -0.129. The van der Waals surface area contributed by atoms with E-state index >= 15 is 0 Å². The van der Waals surface area contributed by atoms with E-state index in [0.29, 0.717) is 11.9 Å². The maximum absolute atomic E-state index is 12.2. The van der Waals surface area contributed by atoms with Crippen LogP contribution in [-0.4, -0.2) is 29.6 Å². The Hall–Kier alpha value is -1.66. The second kappa shape index (κ2) is 8.35. The van der Waals surface area contributed by atoms with Gasteiger partial charge in [-0.3, -0.25) is 4.79 Å². The highest BCUT2D eigenvalue weighted by atomic mass is 31.1. The molecule has 138 valence electrons. The minimum atomic E-state index is -0.343. The number of hydrogen-bond donors (Lipinski definition) is 0. The molecule has 3 heteroatoms. The Labute approximate surface area is 159 Å². The molecule has 1 heterocycles. The van der Waals surface area contributed by atoms with Crippen LogP contribution in [0.4, 0.5) is 0 Å². The smallest absolute Gasteiger partial charge is 0.222 e. The Bertz CT molecular complexity index is 748. The molecule has 1 aliphatic rings. The zero-order valence-electron chi connectivity index (χ0n) is 16.5. The fraction of sp³-hybridized carbons (Fsp3) is 0.435. The van der Waals surface area contributed by atoms with E-state index in [1.807, 2.05) is 0 Å². The molecule has 0 spiro atoms. The first kappa shape index (κ1) is 19.1. The van der Waals surface area contributed by atoms with Crippen molar-refractivity contribution in [1.29, 1.82) is 0 Å². The predicted octanol–water partition coefficient (Wildman–Crippen LogP) is 4.93. The Morgan fingerprint density at radius 1 is 1.08 bits per heavy atom. The van der Waals surface area contributed by atoms with Crippen molar-refractivity contribution in [2.45, 2.75) is 52.7 Å². The molecule has 2 unspecified atom stereocenters. The van der Waals surface area contributed by atoms with Gasteiger partial charge in [0, 0.05) is 19.0 Å². The summed E-state index contributed by atoms with van der Waals surface area (Å²) in [5.41, 5.74) is 5.63. The van der Waals surface area contributed by atoms with Gasteiger partial charge < -0.3 is 4.90 Å². The largest absolute Gasteiger partial charge is 0.340 e. The van der Waals surface area contributed by atoms with Crippen LogP contribution in [0, 0.1) is 20.8 Å². The van der Waals surface area contributed by atoms with E-state index in [2.05, 4.69) is 75.1 Å². The lowest BCUT2D eigenvalue weighted by atomic mass is 10.0. The molecule has 0 N–H and O–H groups in total. The van der Waals surface area contributed by atoms with Gasteiger partial charge in [0.2, 0.25) is 5.91 Å². The van der Waals surface area contributed by atoms with Crippen molar-refractivity contribution in [2.24, 2.45) is 0 Å². The van der Waals surface area contributed by atoms with Crippen LogP contribution in [0.15, 0.2) is 42.5 Å². The molecular weight excluding hydrogens is 337 g/mol. The van der Waals surface area contributed by atoms with Crippen molar-refractivity contribution in [1.82, 2.24) is 4.90 Å². The molecule has 1 amide bonds. The van der Waals surface area contributed by atoms with Gasteiger partial charge in [0.15, 0.2) is 0 Å². The third-order valence-electron chi connectivity index (χ3n) is 5.44. The first-order valence-electron chi connectivity index (χ1n) is 9.62. The molecule has 0 bridgehead atoms. The normalized spacial score (nSPS) is 16.8. The van der Waals surface area contributed by atoms with Gasteiger partial charge in [-0.15, -0.1) is 0 Å². The number of amides is 1. The van der Waals surface area contributed by atoms with Gasteiger partial charge in [0.25, 0.3) is 0 Å². The van der Waals surface area contributed by atoms with Gasteiger partial charge in [0.1, 0.15) is 0 Å². The van der Waals surface area contributed by atoms with E-state index in [-0.39, 0.29) is 7.92 Å². The number of likely N-dealkylation sites (tertiary alicyclic amines) is 1. The maximum atomic E-state index is 12.2. The van der Waals surface area contributed by atoms with E-state index in [9.17, 15) is 4.79 Å². The van der Waals surface area contributed by atoms with Crippen molar-refractivity contribution in [2.75, 3.05) is 12.7 Å². The van der Waals surface area contributed by atoms with Crippen LogP contribution in [0.3, 0.4) is 0 Å². The quantitative estimate of drug-likeness (QED) is 0.663. The van der Waals surface area contributed by atoms with Gasteiger partial charge in [0.05, 0.1) is 0 Å². The van der Waals surface area contributed by atoms with E-state index in [1.165, 1.54) is 27.6 Å². The van der Waals surface area contributed by atoms with Gasteiger partial charge in [-0.25, -0.2) is 0 Å². The van der Waals surface area contributed by atoms with E-state index in [4.69, 9.17) is 0 Å². The number of hydrogen-bond acceptors (Lipinski definition) is 1. The average Bonchev–Trinajstić information content (AvgIpc) is 3.03. The molecule has 2 aromatic carbocycles. The standard InChI is InChI=1S/C23H30NOP/c1-17-13-18(2)22(19(3)14-17)16-26(21-9-6-5-7-10-21)15-20(4)24-12-8-11-23(24)25/h5-7,9-10,13-14,20H,8,11-12,15-16H2,1-4H3. The number of nitrogens with zero attached hydrogens (tertiary/aromatic N) is 1. The number of rotatable bonds is 6. The Morgan fingerprint density at radius 2 is 1.73 bits per heavy atom. The van der Waals surface area contributed by atoms with Crippen LogP contribution in [0.5, 0.6) is 0 Å². The molecule has 2 nitrogen and oxygen atoms in total. The zero-order chi connectivity index (χ0) is 18.7. The van der Waals surface area contributed by atoms with Crippen molar-refractivity contribution >= 4 is 19.1 Å². The Kier molecular flexibility index (Phi) is 6.14. The van der Waals surface area contributed by atoms with E-state index in [0.717, 1.165) is 31.7 Å². The monoisotopic (exact) mass is 367 g/mol. The van der Waals surface area contributed by atoms with Crippen LogP contribution < -0.4 is 5.30 Å². The van der Waals surface area contributed by atoms with E-state index in [1.54, 1.807) is 0 Å². The molecule has 1 fully saturated rings. The summed E-state index contributed by atoms with van der Waals surface area (Å²) in [4.78, 5) is 14.3. The van der Waals surface area contributed by atoms with Crippen molar-refractivity contribution in [3.05, 3.63) is 64.7 Å². The van der Waals surface area contributed by atoms with Crippen LogP contribution in [0.1, 0.15) is 42.0 Å². The summed E-state index contributed by atoms with van der Waals surface area (Å²) in [5.74, 6) is 0.336. The number of carbonyl (C=O) groups is 1. The molecule has 0 aliphatic carbocycles. The van der Waals surface area contributed by atoms with Gasteiger partial charge in [-0.2, -0.15) is 0 Å². The highest BCUT2D eigenvalue weighted by Gasteiger charge is 2.27. The Morgan fingerprint density at radius 3 is 2.31 bits per heavy atom. The molecule has 2 aromatic rings. The third kappa shape index (κ3) is 4.35. The predicted molar refractivity (Wildman–Crippen MR) is 113 cm³/mol. The van der Waals surface area contributed by atoms with Gasteiger partial charge in [-0.05, 0) is 68.4 Å². The number of aryl methyl sites for hydroxylation is 3. The summed E-state index contributed by atoms with van der Waals surface area (Å²) >= 11 is 0. The van der Waals surface area contributed by atoms with Crippen LogP contribution >= 0.6 is 7.92 Å². The fourth-order valence-electron chi connectivity index (χ4n) is 4.10. The van der Waals surface area contributed by atoms with E-state index < -0.39 is 0 Å². The van der Waals surface area contributed by atoms with Crippen LogP contribution in [-0.2, 0) is 11.0 Å². The second-order valence-electron chi connectivity index (χ2n) is 7.63. The summed E-state index contributed by atoms with van der Waals surface area (Å²) < 4.78 is 0. The van der Waals surface area contributed by atoms with Crippen LogP contribution in [0.2, 0.25) is 0 Å². The topological polar surface area (TPSA) is 20.3 Å². The molecule has 2 atom stereocenters. The number of benzene rings is 2. The second-order valence-corrected chi connectivity index (χ2v) is 9.91. The molecule has 0 radical (unpaired) electrons. The lowest BCUT2D eigenvalue weighted by Crippen LogP contribution is -2.36. The maximum Gasteiger partial charge on any atom is 0.222 e. The van der Waals surface area contributed by atoms with Crippen LogP contribution in [0.25, 0.3) is 0 Å². The molecule has 1 aliphatic heterocycles. The summed E-state index contributed by atoms with van der Waals surface area (Å²) in [6.07, 6.45) is 3.92. The number of carbonyl (C=O) groups excluding carboxylic acids is 1. The average molecular weight is 367 g/mol. The molecule has 0 aromatic heterocycles. The highest BCUT2D eigenvalue weighted by molar-refractivity contribution is 7.64. The molecule has 26 heavy (non-hydrogen) atoms. The van der Waals surface area contributed by atoms with Crippen molar-refractivity contribution in [3.63, 3.8) is 0 Å². The minimum Gasteiger partial charge on any atom is -0.340 e. The summed E-state index contributed by atoms with van der Waals surface area (Å²) in [5, 5.41) is 1.44. The highest BCUT2D eigenvalue weighted by Crippen LogP contribution is 2.42. The van der Waals surface area contributed by atoms with Gasteiger partial charge >= 0.3 is 0 Å². The molecule has 1 saturated heterocycles. The Balaban J connectivity index is 1.86. The summed E-state index contributed by atoms with van der Waals surface area (Å²) in [6, 6.07) is 15.8. The fourth-order valence-corrected chi connectivity index (χ4v) is 6.93. The first-order valence-corrected chi connectivity index (χ1v) is 11.3. The lowest BCUT2D eigenvalue weighted by Gasteiger charge is -2.29. The molecule has 3 rings (SSSR count). The zero-order valence-corrected chi connectivity index (χ0v) is 17.4. The molecular formula is C23H30NOP. The van der Waals surface area contributed by atoms with Crippen molar-refractivity contribution in [3.8, 4) is 0 Å². The first-order chi connectivity index (χ1) is 12.5. The SMILES string of the molecule is Cc1cc(C)c(CP(CC(C)N2CCCC2=O)c2ccccc2)c(C)c1. The van der Waals surface area contributed by atoms with Gasteiger partial charge in [-0.1, -0.05) is 55.9 Å².